The summed E-state index contributed by atoms with van der Waals surface area (Å²) in [6.07, 6.45) is 3.23. The lowest BCUT2D eigenvalue weighted by Gasteiger charge is -2.11. The average molecular weight is 350 g/mol. The van der Waals surface area contributed by atoms with E-state index in [2.05, 4.69) is 36.6 Å². The molecule has 2 rings (SSSR count). The number of carbonyl (C=O) groups excluding carboxylic acids is 1. The first-order chi connectivity index (χ1) is 10.0. The Morgan fingerprint density at radius 2 is 2.14 bits per heavy atom. The summed E-state index contributed by atoms with van der Waals surface area (Å²) in [6.45, 7) is 4.01. The highest BCUT2D eigenvalue weighted by atomic mass is 79.9. The number of nitrogens with two attached hydrogens (primary N) is 1. The predicted molar refractivity (Wildman–Crippen MR) is 86.0 cm³/mol. The van der Waals surface area contributed by atoms with Crippen LogP contribution in [-0.2, 0) is 0 Å². The van der Waals surface area contributed by atoms with E-state index in [-0.39, 0.29) is 11.8 Å². The lowest BCUT2D eigenvalue weighted by atomic mass is 10.1. The molecule has 7 heteroatoms. The zero-order valence-electron chi connectivity index (χ0n) is 11.7. The van der Waals surface area contributed by atoms with E-state index < -0.39 is 0 Å². The van der Waals surface area contributed by atoms with Crippen molar-refractivity contribution in [1.82, 2.24) is 9.97 Å². The Morgan fingerprint density at radius 1 is 1.38 bits per heavy atom. The van der Waals surface area contributed by atoms with Gasteiger partial charge in [0.25, 0.3) is 5.91 Å². The van der Waals surface area contributed by atoms with Crippen molar-refractivity contribution in [2.24, 2.45) is 5.84 Å². The maximum atomic E-state index is 12.4. The van der Waals surface area contributed by atoms with Crippen LogP contribution in [0.2, 0.25) is 0 Å². The standard InChI is InChI=1S/C14H16BrN5O/c1-8(2)12-5-9(6-13(18-12)20-16)14(21)19-11-3-4-17-7-10(11)15/h3-8H,16H2,1-2H3,(H,18,20)(H,17,19,21). The maximum absolute atomic E-state index is 12.4. The number of anilines is 2. The first kappa shape index (κ1) is 15.4. The van der Waals surface area contributed by atoms with Gasteiger partial charge in [-0.2, -0.15) is 0 Å². The van der Waals surface area contributed by atoms with Crippen LogP contribution < -0.4 is 16.6 Å². The number of nitrogen functional groups attached to an aromatic ring is 1. The lowest BCUT2D eigenvalue weighted by Crippen LogP contribution is -2.16. The van der Waals surface area contributed by atoms with Crippen LogP contribution in [-0.4, -0.2) is 15.9 Å². The van der Waals surface area contributed by atoms with Crippen molar-refractivity contribution in [3.8, 4) is 0 Å². The smallest absolute Gasteiger partial charge is 0.255 e. The zero-order chi connectivity index (χ0) is 15.4. The Morgan fingerprint density at radius 3 is 2.76 bits per heavy atom. The molecule has 4 N–H and O–H groups in total. The Bertz CT molecular complexity index is 660. The molecule has 0 saturated heterocycles. The fourth-order valence-corrected chi connectivity index (χ4v) is 2.07. The van der Waals surface area contributed by atoms with E-state index in [0.717, 1.165) is 5.69 Å². The van der Waals surface area contributed by atoms with Gasteiger partial charge < -0.3 is 10.7 Å². The van der Waals surface area contributed by atoms with Crippen LogP contribution in [0.25, 0.3) is 0 Å². The van der Waals surface area contributed by atoms with Crippen LogP contribution in [0.1, 0.15) is 35.8 Å². The molecule has 0 saturated carbocycles. The summed E-state index contributed by atoms with van der Waals surface area (Å²) in [5.41, 5.74) is 4.42. The van der Waals surface area contributed by atoms with Gasteiger partial charge >= 0.3 is 0 Å². The van der Waals surface area contributed by atoms with E-state index in [4.69, 9.17) is 5.84 Å². The molecule has 6 nitrogen and oxygen atoms in total. The van der Waals surface area contributed by atoms with Crippen LogP contribution in [0, 0.1) is 0 Å². The van der Waals surface area contributed by atoms with Crippen molar-refractivity contribution in [2.75, 3.05) is 10.7 Å². The predicted octanol–water partition coefficient (Wildman–Crippen LogP) is 2.90. The Balaban J connectivity index is 2.30. The van der Waals surface area contributed by atoms with Crippen LogP contribution in [0.3, 0.4) is 0 Å². The molecule has 2 aromatic heterocycles. The van der Waals surface area contributed by atoms with Gasteiger partial charge in [0.15, 0.2) is 0 Å². The Hall–Kier alpha value is -1.99. The van der Waals surface area contributed by atoms with E-state index in [1.165, 1.54) is 0 Å². The number of rotatable bonds is 4. The minimum absolute atomic E-state index is 0.192. The quantitative estimate of drug-likeness (QED) is 0.582. The van der Waals surface area contributed by atoms with Crippen molar-refractivity contribution in [3.63, 3.8) is 0 Å². The summed E-state index contributed by atoms with van der Waals surface area (Å²) in [7, 11) is 0. The third-order valence-corrected chi connectivity index (χ3v) is 3.50. The van der Waals surface area contributed by atoms with Gasteiger partial charge in [-0.05, 0) is 40.0 Å². The summed E-state index contributed by atoms with van der Waals surface area (Å²) >= 11 is 3.34. The number of nitrogens with zero attached hydrogens (tertiary/aromatic N) is 2. The molecule has 0 fully saturated rings. The molecule has 0 atom stereocenters. The molecule has 0 aliphatic heterocycles. The topological polar surface area (TPSA) is 92.9 Å². The van der Waals surface area contributed by atoms with E-state index in [1.807, 2.05) is 13.8 Å². The minimum Gasteiger partial charge on any atom is -0.321 e. The highest BCUT2D eigenvalue weighted by Crippen LogP contribution is 2.22. The molecular formula is C14H16BrN5O. The highest BCUT2D eigenvalue weighted by molar-refractivity contribution is 9.10. The van der Waals surface area contributed by atoms with Crippen molar-refractivity contribution in [1.29, 1.82) is 0 Å². The molecule has 0 unspecified atom stereocenters. The van der Waals surface area contributed by atoms with Crippen molar-refractivity contribution < 1.29 is 4.79 Å². The molecular weight excluding hydrogens is 334 g/mol. The van der Waals surface area contributed by atoms with Gasteiger partial charge in [-0.25, -0.2) is 10.8 Å². The third kappa shape index (κ3) is 3.77. The number of hydrogen-bond acceptors (Lipinski definition) is 5. The summed E-state index contributed by atoms with van der Waals surface area (Å²) < 4.78 is 0.716. The number of nitrogens with one attached hydrogen (secondary N) is 2. The normalized spacial score (nSPS) is 10.5. The summed E-state index contributed by atoms with van der Waals surface area (Å²) in [6, 6.07) is 5.08. The van der Waals surface area contributed by atoms with E-state index in [1.54, 1.807) is 30.6 Å². The van der Waals surface area contributed by atoms with Gasteiger partial charge in [0, 0.05) is 23.7 Å². The minimum atomic E-state index is -0.234. The van der Waals surface area contributed by atoms with Gasteiger partial charge in [-0.3, -0.25) is 9.78 Å². The number of aromatic nitrogens is 2. The van der Waals surface area contributed by atoms with Crippen molar-refractivity contribution >= 4 is 33.3 Å². The number of amides is 1. The van der Waals surface area contributed by atoms with Crippen LogP contribution in [0.5, 0.6) is 0 Å². The molecule has 1 amide bonds. The maximum Gasteiger partial charge on any atom is 0.255 e. The second kappa shape index (κ2) is 6.64. The fraction of sp³-hybridized carbons (Fsp3) is 0.214. The van der Waals surface area contributed by atoms with Crippen LogP contribution in [0.15, 0.2) is 35.1 Å². The Kier molecular flexibility index (Phi) is 4.87. The molecule has 0 spiro atoms. The van der Waals surface area contributed by atoms with Gasteiger partial charge in [-0.1, -0.05) is 13.8 Å². The second-order valence-corrected chi connectivity index (χ2v) is 5.63. The summed E-state index contributed by atoms with van der Waals surface area (Å²) in [5, 5.41) is 2.82. The Labute approximate surface area is 131 Å². The third-order valence-electron chi connectivity index (χ3n) is 2.87. The molecule has 2 heterocycles. The highest BCUT2D eigenvalue weighted by Gasteiger charge is 2.13. The van der Waals surface area contributed by atoms with E-state index >= 15 is 0 Å². The van der Waals surface area contributed by atoms with E-state index in [0.29, 0.717) is 21.5 Å². The summed E-state index contributed by atoms with van der Waals surface area (Å²) in [5.74, 6) is 5.82. The molecule has 0 aliphatic carbocycles. The van der Waals surface area contributed by atoms with Crippen LogP contribution >= 0.6 is 15.9 Å². The molecule has 110 valence electrons. The van der Waals surface area contributed by atoms with Gasteiger partial charge in [0.05, 0.1) is 10.2 Å². The monoisotopic (exact) mass is 349 g/mol. The number of carbonyl (C=O) groups is 1. The molecule has 0 aromatic carbocycles. The first-order valence-corrected chi connectivity index (χ1v) is 7.20. The zero-order valence-corrected chi connectivity index (χ0v) is 13.3. The second-order valence-electron chi connectivity index (χ2n) is 4.77. The number of halogens is 1. The number of hydrogen-bond donors (Lipinski definition) is 3. The molecule has 21 heavy (non-hydrogen) atoms. The van der Waals surface area contributed by atoms with Gasteiger partial charge in [0.1, 0.15) is 5.82 Å². The van der Waals surface area contributed by atoms with Crippen LogP contribution in [0.4, 0.5) is 11.5 Å². The van der Waals surface area contributed by atoms with Gasteiger partial charge in [-0.15, -0.1) is 0 Å². The fourth-order valence-electron chi connectivity index (χ4n) is 1.72. The average Bonchev–Trinajstić information content (AvgIpc) is 2.49. The van der Waals surface area contributed by atoms with E-state index in [9.17, 15) is 4.79 Å². The first-order valence-electron chi connectivity index (χ1n) is 6.40. The molecule has 0 aliphatic rings. The largest absolute Gasteiger partial charge is 0.321 e. The molecule has 0 radical (unpaired) electrons. The molecule has 0 bridgehead atoms. The van der Waals surface area contributed by atoms with Crippen molar-refractivity contribution in [2.45, 2.75) is 19.8 Å². The van der Waals surface area contributed by atoms with Crippen molar-refractivity contribution in [3.05, 3.63) is 46.3 Å². The van der Waals surface area contributed by atoms with Gasteiger partial charge in [0.2, 0.25) is 0 Å². The number of hydrazine groups is 1. The number of pyridine rings is 2. The molecule has 2 aromatic rings. The lowest BCUT2D eigenvalue weighted by molar-refractivity contribution is 0.102. The SMILES string of the molecule is CC(C)c1cc(C(=O)Nc2ccncc2Br)cc(NN)n1. The summed E-state index contributed by atoms with van der Waals surface area (Å²) in [4.78, 5) is 20.6.